The molecule has 6 nitrogen and oxygen atoms in total. The molecule has 3 rings (SSSR count). The van der Waals surface area contributed by atoms with Gasteiger partial charge in [-0.15, -0.1) is 0 Å². The van der Waals surface area contributed by atoms with E-state index in [1.165, 1.54) is 11.8 Å². The Balaban J connectivity index is 1.77. The van der Waals surface area contributed by atoms with Gasteiger partial charge in [-0.05, 0) is 56.5 Å². The predicted molar refractivity (Wildman–Crippen MR) is 135 cm³/mol. The molecule has 0 aromatic heterocycles. The van der Waals surface area contributed by atoms with Crippen molar-refractivity contribution in [3.05, 3.63) is 65.2 Å². The van der Waals surface area contributed by atoms with E-state index in [4.69, 9.17) is 10.1 Å². The highest BCUT2D eigenvalue weighted by atomic mass is 32.2. The van der Waals surface area contributed by atoms with Crippen LogP contribution >= 0.6 is 11.8 Å². The van der Waals surface area contributed by atoms with Gasteiger partial charge in [0.25, 0.3) is 0 Å². The molecule has 1 unspecified atom stereocenters. The van der Waals surface area contributed by atoms with E-state index in [2.05, 4.69) is 17.1 Å². The minimum Gasteiger partial charge on any atom is -0.456 e. The third kappa shape index (κ3) is 7.09. The number of thioether (sulfide) groups is 1. The van der Waals surface area contributed by atoms with Gasteiger partial charge in [-0.2, -0.15) is 0 Å². The second-order valence-electron chi connectivity index (χ2n) is 9.24. The molecule has 0 radical (unpaired) electrons. The fourth-order valence-electron chi connectivity index (χ4n) is 3.63. The lowest BCUT2D eigenvalue weighted by Gasteiger charge is -2.26. The van der Waals surface area contributed by atoms with Crippen molar-refractivity contribution >= 4 is 34.5 Å². The van der Waals surface area contributed by atoms with Crippen LogP contribution in [0.15, 0.2) is 48.5 Å². The normalized spacial score (nSPS) is 15.9. The summed E-state index contributed by atoms with van der Waals surface area (Å²) in [5.41, 5.74) is 3.01. The molecule has 1 atom stereocenters. The molecule has 1 fully saturated rings. The zero-order valence-corrected chi connectivity index (χ0v) is 20.6. The van der Waals surface area contributed by atoms with Crippen molar-refractivity contribution < 1.29 is 14.3 Å². The first kappa shape index (κ1) is 24.8. The van der Waals surface area contributed by atoms with Gasteiger partial charge in [-0.1, -0.05) is 61.9 Å². The Kier molecular flexibility index (Phi) is 8.19. The Morgan fingerprint density at radius 3 is 2.48 bits per heavy atom. The van der Waals surface area contributed by atoms with Gasteiger partial charge < -0.3 is 15.0 Å². The number of ether oxygens (including phenoxy) is 1. The Bertz CT molecular complexity index is 999. The number of hydrogen-bond donors (Lipinski definition) is 2. The highest BCUT2D eigenvalue weighted by Gasteiger charge is 2.30. The highest BCUT2D eigenvalue weighted by Crippen LogP contribution is 2.34. The number of nitrogens with one attached hydrogen (secondary N) is 2. The minimum absolute atomic E-state index is 0.141. The number of nitrogens with zero attached hydrogens (tertiary/aromatic N) is 1. The number of benzene rings is 2. The number of amides is 1. The van der Waals surface area contributed by atoms with Crippen molar-refractivity contribution in [1.82, 2.24) is 5.32 Å². The molecule has 0 spiro atoms. The summed E-state index contributed by atoms with van der Waals surface area (Å²) in [7, 11) is 0. The van der Waals surface area contributed by atoms with Gasteiger partial charge in [-0.3, -0.25) is 10.2 Å². The number of carbonyl (C=O) groups excluding carboxylic acids is 2. The molecule has 2 N–H and O–H groups in total. The molecule has 0 saturated carbocycles. The van der Waals surface area contributed by atoms with Crippen LogP contribution in [-0.2, 0) is 16.1 Å². The van der Waals surface area contributed by atoms with Crippen LogP contribution < -0.4 is 10.2 Å². The number of carbonyl (C=O) groups is 2. The van der Waals surface area contributed by atoms with Gasteiger partial charge in [0.15, 0.2) is 5.17 Å². The fourth-order valence-corrected chi connectivity index (χ4v) is 4.49. The topological polar surface area (TPSA) is 82.5 Å². The Labute approximate surface area is 200 Å². The number of amidine groups is 1. The second kappa shape index (κ2) is 10.9. The van der Waals surface area contributed by atoms with Crippen LogP contribution in [0.2, 0.25) is 0 Å². The summed E-state index contributed by atoms with van der Waals surface area (Å²) in [6.45, 7) is 9.36. The lowest BCUT2D eigenvalue weighted by Crippen LogP contribution is -2.26. The maximum absolute atomic E-state index is 12.6. The number of unbranched alkanes of at least 4 members (excludes halogenated alkanes) is 2. The molecule has 2 aromatic rings. The van der Waals surface area contributed by atoms with Crippen molar-refractivity contribution in [2.45, 2.75) is 64.4 Å². The lowest BCUT2D eigenvalue weighted by molar-refractivity contribution is -0.118. The first-order chi connectivity index (χ1) is 15.7. The van der Waals surface area contributed by atoms with Gasteiger partial charge in [0.05, 0.1) is 5.56 Å². The van der Waals surface area contributed by atoms with E-state index in [-0.39, 0.29) is 22.3 Å². The smallest absolute Gasteiger partial charge is 0.338 e. The summed E-state index contributed by atoms with van der Waals surface area (Å²) in [4.78, 5) is 26.9. The Morgan fingerprint density at radius 1 is 1.15 bits per heavy atom. The SMILES string of the molecule is CCCCCN(Cc1ccc(C2SC(=N)NC2=O)cc1)c1cccc(C(=O)OC(C)(C)C)c1. The molecule has 1 amide bonds. The largest absolute Gasteiger partial charge is 0.456 e. The van der Waals surface area contributed by atoms with Crippen LogP contribution in [0.5, 0.6) is 0 Å². The summed E-state index contributed by atoms with van der Waals surface area (Å²) in [6, 6.07) is 15.6. The molecule has 1 heterocycles. The summed E-state index contributed by atoms with van der Waals surface area (Å²) in [5, 5.41) is 10.0. The molecule has 2 aromatic carbocycles. The first-order valence-corrected chi connectivity index (χ1v) is 12.3. The summed E-state index contributed by atoms with van der Waals surface area (Å²) < 4.78 is 5.55. The van der Waals surface area contributed by atoms with Crippen LogP contribution in [0.25, 0.3) is 0 Å². The molecule has 1 aliphatic heterocycles. The maximum atomic E-state index is 12.6. The van der Waals surface area contributed by atoms with E-state index in [9.17, 15) is 9.59 Å². The molecule has 7 heteroatoms. The van der Waals surface area contributed by atoms with Crippen LogP contribution in [0.1, 0.15) is 73.7 Å². The predicted octanol–water partition coefficient (Wildman–Crippen LogP) is 5.68. The van der Waals surface area contributed by atoms with Crippen molar-refractivity contribution in [3.8, 4) is 0 Å². The number of hydrogen-bond acceptors (Lipinski definition) is 6. The molecular weight excluding hydrogens is 434 g/mol. The van der Waals surface area contributed by atoms with Gasteiger partial charge in [0, 0.05) is 18.8 Å². The van der Waals surface area contributed by atoms with Crippen molar-refractivity contribution in [1.29, 1.82) is 5.41 Å². The Hall–Kier alpha value is -2.80. The van der Waals surface area contributed by atoms with E-state index >= 15 is 0 Å². The van der Waals surface area contributed by atoms with E-state index in [0.29, 0.717) is 12.1 Å². The second-order valence-corrected chi connectivity index (χ2v) is 10.4. The number of rotatable bonds is 9. The van der Waals surface area contributed by atoms with Gasteiger partial charge in [0.2, 0.25) is 5.91 Å². The molecule has 1 saturated heterocycles. The summed E-state index contributed by atoms with van der Waals surface area (Å²) in [6.07, 6.45) is 3.34. The molecule has 33 heavy (non-hydrogen) atoms. The molecular formula is C26H33N3O3S. The molecule has 176 valence electrons. The third-order valence-electron chi connectivity index (χ3n) is 5.24. The van der Waals surface area contributed by atoms with E-state index in [1.807, 2.05) is 63.2 Å². The van der Waals surface area contributed by atoms with Gasteiger partial charge in [0.1, 0.15) is 10.9 Å². The molecule has 0 bridgehead atoms. The quantitative estimate of drug-likeness (QED) is 0.366. The molecule has 0 aliphatic carbocycles. The van der Waals surface area contributed by atoms with Crippen molar-refractivity contribution in [2.75, 3.05) is 11.4 Å². The maximum Gasteiger partial charge on any atom is 0.338 e. The average Bonchev–Trinajstić information content (AvgIpc) is 3.10. The zero-order valence-electron chi connectivity index (χ0n) is 19.8. The summed E-state index contributed by atoms with van der Waals surface area (Å²) >= 11 is 1.23. The average molecular weight is 468 g/mol. The standard InChI is InChI=1S/C26H33N3O3S/c1-5-6-7-15-29(21-10-8-9-20(16-21)24(31)32-26(2,3)4)17-18-11-13-19(14-12-18)22-23(30)28-25(27)33-22/h8-14,16,22H,5-7,15,17H2,1-4H3,(H2,27,28,30). The number of anilines is 1. The minimum atomic E-state index is -0.539. The van der Waals surface area contributed by atoms with Crippen molar-refractivity contribution in [3.63, 3.8) is 0 Å². The van der Waals surface area contributed by atoms with E-state index < -0.39 is 5.60 Å². The van der Waals surface area contributed by atoms with Crippen LogP contribution in [0.4, 0.5) is 5.69 Å². The number of esters is 1. The van der Waals surface area contributed by atoms with Crippen LogP contribution in [-0.4, -0.2) is 29.2 Å². The zero-order chi connectivity index (χ0) is 24.0. The lowest BCUT2D eigenvalue weighted by atomic mass is 10.1. The van der Waals surface area contributed by atoms with Crippen molar-refractivity contribution in [2.24, 2.45) is 0 Å². The van der Waals surface area contributed by atoms with Gasteiger partial charge in [-0.25, -0.2) is 4.79 Å². The van der Waals surface area contributed by atoms with Crippen LogP contribution in [0, 0.1) is 5.41 Å². The highest BCUT2D eigenvalue weighted by molar-refractivity contribution is 8.15. The van der Waals surface area contributed by atoms with E-state index in [1.54, 1.807) is 6.07 Å². The monoisotopic (exact) mass is 467 g/mol. The third-order valence-corrected chi connectivity index (χ3v) is 6.30. The first-order valence-electron chi connectivity index (χ1n) is 11.4. The summed E-state index contributed by atoms with van der Waals surface area (Å²) in [5.74, 6) is -0.460. The fraction of sp³-hybridized carbons (Fsp3) is 0.423. The molecule has 1 aliphatic rings. The van der Waals surface area contributed by atoms with Crippen LogP contribution in [0.3, 0.4) is 0 Å². The Morgan fingerprint density at radius 2 is 1.88 bits per heavy atom. The van der Waals surface area contributed by atoms with Gasteiger partial charge >= 0.3 is 5.97 Å². The van der Waals surface area contributed by atoms with E-state index in [0.717, 1.165) is 42.6 Å².